The summed E-state index contributed by atoms with van der Waals surface area (Å²) in [6, 6.07) is 12.6. The molecule has 0 aliphatic rings. The zero-order valence-electron chi connectivity index (χ0n) is 11.2. The van der Waals surface area contributed by atoms with Crippen LogP contribution >= 0.6 is 11.3 Å². The van der Waals surface area contributed by atoms with Gasteiger partial charge in [0.2, 0.25) is 5.88 Å². The average molecular weight is 300 g/mol. The number of hydrogen-bond donors (Lipinski definition) is 1. The molecule has 0 atom stereocenters. The summed E-state index contributed by atoms with van der Waals surface area (Å²) >= 11 is 1.56. The van der Waals surface area contributed by atoms with Gasteiger partial charge in [-0.15, -0.1) is 11.3 Å². The van der Waals surface area contributed by atoms with Gasteiger partial charge in [-0.1, -0.05) is 23.4 Å². The first-order valence-electron chi connectivity index (χ1n) is 6.23. The van der Waals surface area contributed by atoms with E-state index in [1.54, 1.807) is 41.7 Å². The molecular formula is C15H12N2O3S. The number of para-hydroxylation sites is 1. The van der Waals surface area contributed by atoms with Crippen molar-refractivity contribution in [3.05, 3.63) is 53.4 Å². The van der Waals surface area contributed by atoms with Crippen LogP contribution in [-0.4, -0.2) is 18.2 Å². The van der Waals surface area contributed by atoms with Crippen LogP contribution in [0.3, 0.4) is 0 Å². The minimum Gasteiger partial charge on any atom is -0.496 e. The van der Waals surface area contributed by atoms with Gasteiger partial charge in [0.15, 0.2) is 0 Å². The number of benzene rings is 1. The zero-order valence-corrected chi connectivity index (χ0v) is 12.0. The van der Waals surface area contributed by atoms with E-state index in [4.69, 9.17) is 9.26 Å². The number of hydrogen-bond acceptors (Lipinski definition) is 5. The van der Waals surface area contributed by atoms with Gasteiger partial charge in [-0.3, -0.25) is 10.1 Å². The fourth-order valence-corrected chi connectivity index (χ4v) is 2.56. The maximum absolute atomic E-state index is 12.2. The lowest BCUT2D eigenvalue weighted by molar-refractivity contribution is 0.102. The molecule has 0 fully saturated rings. The second-order valence-corrected chi connectivity index (χ2v) is 5.16. The van der Waals surface area contributed by atoms with E-state index in [0.29, 0.717) is 22.9 Å². The Kier molecular flexibility index (Phi) is 3.70. The second-order valence-electron chi connectivity index (χ2n) is 4.21. The third kappa shape index (κ3) is 2.80. The average Bonchev–Trinajstić information content (AvgIpc) is 3.17. The monoisotopic (exact) mass is 300 g/mol. The molecular weight excluding hydrogens is 288 g/mol. The van der Waals surface area contributed by atoms with Crippen LogP contribution in [-0.2, 0) is 0 Å². The summed E-state index contributed by atoms with van der Waals surface area (Å²) < 4.78 is 10.3. The number of carbonyl (C=O) groups is 1. The third-order valence-electron chi connectivity index (χ3n) is 2.87. The lowest BCUT2D eigenvalue weighted by atomic mass is 10.2. The van der Waals surface area contributed by atoms with Gasteiger partial charge in [-0.05, 0) is 23.6 Å². The molecule has 21 heavy (non-hydrogen) atoms. The molecule has 2 aromatic heterocycles. The van der Waals surface area contributed by atoms with Crippen molar-refractivity contribution in [2.75, 3.05) is 12.4 Å². The van der Waals surface area contributed by atoms with Crippen molar-refractivity contribution in [3.8, 4) is 16.3 Å². The molecule has 3 rings (SSSR count). The summed E-state index contributed by atoms with van der Waals surface area (Å²) in [4.78, 5) is 13.2. The molecule has 0 saturated carbocycles. The predicted octanol–water partition coefficient (Wildman–Crippen LogP) is 3.66. The van der Waals surface area contributed by atoms with E-state index in [1.165, 1.54) is 7.11 Å². The summed E-state index contributed by atoms with van der Waals surface area (Å²) in [7, 11) is 1.52. The first-order valence-corrected chi connectivity index (χ1v) is 7.11. The minimum absolute atomic E-state index is 0.300. The Balaban J connectivity index is 1.79. The zero-order chi connectivity index (χ0) is 14.7. The van der Waals surface area contributed by atoms with Gasteiger partial charge in [-0.25, -0.2) is 0 Å². The van der Waals surface area contributed by atoms with Crippen LogP contribution in [0.2, 0.25) is 0 Å². The van der Waals surface area contributed by atoms with Crippen LogP contribution in [0.25, 0.3) is 10.6 Å². The first kappa shape index (κ1) is 13.4. The fourth-order valence-electron chi connectivity index (χ4n) is 1.89. The van der Waals surface area contributed by atoms with Gasteiger partial charge in [-0.2, -0.15) is 0 Å². The Morgan fingerprint density at radius 1 is 1.29 bits per heavy atom. The number of carbonyl (C=O) groups excluding carboxylic acids is 1. The molecule has 5 nitrogen and oxygen atoms in total. The van der Waals surface area contributed by atoms with Crippen molar-refractivity contribution in [2.45, 2.75) is 0 Å². The van der Waals surface area contributed by atoms with Gasteiger partial charge in [0.25, 0.3) is 5.91 Å². The number of nitrogens with zero attached hydrogens (tertiary/aromatic N) is 1. The van der Waals surface area contributed by atoms with Crippen molar-refractivity contribution in [2.24, 2.45) is 0 Å². The number of nitrogens with one attached hydrogen (secondary N) is 1. The predicted molar refractivity (Wildman–Crippen MR) is 80.8 cm³/mol. The lowest BCUT2D eigenvalue weighted by Crippen LogP contribution is -2.12. The van der Waals surface area contributed by atoms with E-state index in [9.17, 15) is 4.79 Å². The van der Waals surface area contributed by atoms with Crippen LogP contribution in [0.15, 0.2) is 52.4 Å². The summed E-state index contributed by atoms with van der Waals surface area (Å²) in [5, 5.41) is 8.56. The Labute approximate surface area is 125 Å². The maximum Gasteiger partial charge on any atom is 0.261 e. The molecule has 1 amide bonds. The molecule has 1 N–H and O–H groups in total. The minimum atomic E-state index is -0.304. The molecule has 2 heterocycles. The van der Waals surface area contributed by atoms with E-state index in [0.717, 1.165) is 4.88 Å². The summed E-state index contributed by atoms with van der Waals surface area (Å²) in [5.41, 5.74) is 1.13. The topological polar surface area (TPSA) is 64.4 Å². The van der Waals surface area contributed by atoms with Crippen molar-refractivity contribution in [1.29, 1.82) is 0 Å². The summed E-state index contributed by atoms with van der Waals surface area (Å²) in [6.07, 6.45) is 0. The molecule has 3 aromatic rings. The summed E-state index contributed by atoms with van der Waals surface area (Å²) in [5.74, 6) is 0.503. The molecule has 0 spiro atoms. The number of thiophene rings is 1. The van der Waals surface area contributed by atoms with Crippen LogP contribution in [0, 0.1) is 0 Å². The standard InChI is InChI=1S/C15H12N2O3S/c1-19-12-6-3-2-5-10(12)15(18)16-14-9-11(17-20-14)13-7-4-8-21-13/h2-9H,1H3,(H,16,18). The van der Waals surface area contributed by atoms with Crippen molar-refractivity contribution in [1.82, 2.24) is 5.16 Å². The number of amides is 1. The molecule has 0 bridgehead atoms. The Bertz CT molecular complexity index is 750. The maximum atomic E-state index is 12.2. The Hall–Kier alpha value is -2.60. The molecule has 1 aromatic carbocycles. The highest BCUT2D eigenvalue weighted by Gasteiger charge is 2.14. The first-order chi connectivity index (χ1) is 10.3. The number of ether oxygens (including phenoxy) is 1. The molecule has 6 heteroatoms. The van der Waals surface area contributed by atoms with Crippen molar-refractivity contribution < 1.29 is 14.1 Å². The van der Waals surface area contributed by atoms with E-state index in [-0.39, 0.29) is 5.91 Å². The van der Waals surface area contributed by atoms with Crippen LogP contribution < -0.4 is 10.1 Å². The second kappa shape index (κ2) is 5.80. The van der Waals surface area contributed by atoms with E-state index >= 15 is 0 Å². The Morgan fingerprint density at radius 3 is 2.90 bits per heavy atom. The lowest BCUT2D eigenvalue weighted by Gasteiger charge is -2.06. The van der Waals surface area contributed by atoms with Crippen molar-refractivity contribution >= 4 is 23.1 Å². The number of methoxy groups -OCH3 is 1. The molecule has 0 aliphatic carbocycles. The van der Waals surface area contributed by atoms with Crippen molar-refractivity contribution in [3.63, 3.8) is 0 Å². The van der Waals surface area contributed by atoms with Gasteiger partial charge in [0.05, 0.1) is 17.6 Å². The van der Waals surface area contributed by atoms with Gasteiger partial charge >= 0.3 is 0 Å². The summed E-state index contributed by atoms with van der Waals surface area (Å²) in [6.45, 7) is 0. The number of anilines is 1. The smallest absolute Gasteiger partial charge is 0.261 e. The molecule has 0 radical (unpaired) electrons. The quantitative estimate of drug-likeness (QED) is 0.798. The highest BCUT2D eigenvalue weighted by molar-refractivity contribution is 7.13. The van der Waals surface area contributed by atoms with E-state index < -0.39 is 0 Å². The molecule has 0 aliphatic heterocycles. The largest absolute Gasteiger partial charge is 0.496 e. The number of aromatic nitrogens is 1. The third-order valence-corrected chi connectivity index (χ3v) is 3.76. The highest BCUT2D eigenvalue weighted by atomic mass is 32.1. The van der Waals surface area contributed by atoms with Gasteiger partial charge in [0.1, 0.15) is 11.4 Å². The Morgan fingerprint density at radius 2 is 2.14 bits per heavy atom. The molecule has 0 saturated heterocycles. The fraction of sp³-hybridized carbons (Fsp3) is 0.0667. The normalized spacial score (nSPS) is 10.3. The van der Waals surface area contributed by atoms with Crippen LogP contribution in [0.1, 0.15) is 10.4 Å². The van der Waals surface area contributed by atoms with E-state index in [2.05, 4.69) is 10.5 Å². The van der Waals surface area contributed by atoms with Gasteiger partial charge < -0.3 is 9.26 Å². The molecule has 106 valence electrons. The van der Waals surface area contributed by atoms with Crippen LogP contribution in [0.5, 0.6) is 5.75 Å². The molecule has 0 unspecified atom stereocenters. The van der Waals surface area contributed by atoms with E-state index in [1.807, 2.05) is 17.5 Å². The number of rotatable bonds is 4. The van der Waals surface area contributed by atoms with Gasteiger partial charge in [0, 0.05) is 6.07 Å². The van der Waals surface area contributed by atoms with Crippen LogP contribution in [0.4, 0.5) is 5.88 Å². The SMILES string of the molecule is COc1ccccc1C(=O)Nc1cc(-c2cccs2)no1. The highest BCUT2D eigenvalue weighted by Crippen LogP contribution is 2.26.